The lowest BCUT2D eigenvalue weighted by atomic mass is 9.98. The molecule has 0 radical (unpaired) electrons. The van der Waals surface area contributed by atoms with E-state index in [0.29, 0.717) is 0 Å². The van der Waals surface area contributed by atoms with Crippen molar-refractivity contribution < 1.29 is 9.47 Å². The van der Waals surface area contributed by atoms with Crippen LogP contribution in [0.2, 0.25) is 5.02 Å². The Labute approximate surface area is 126 Å². The van der Waals surface area contributed by atoms with Crippen LogP contribution in [-0.4, -0.2) is 32.4 Å². The molecule has 0 saturated heterocycles. The van der Waals surface area contributed by atoms with Crippen molar-refractivity contribution >= 4 is 11.6 Å². The number of hydrogen-bond acceptors (Lipinski definition) is 3. The first-order valence-electron chi connectivity index (χ1n) is 7.36. The van der Waals surface area contributed by atoms with E-state index >= 15 is 0 Å². The molecule has 2 rings (SSSR count). The summed E-state index contributed by atoms with van der Waals surface area (Å²) in [4.78, 5) is 0. The highest BCUT2D eigenvalue weighted by atomic mass is 35.5. The maximum atomic E-state index is 6.22. The number of nitrogens with one attached hydrogen (secondary N) is 1. The summed E-state index contributed by atoms with van der Waals surface area (Å²) in [7, 11) is 1.75. The van der Waals surface area contributed by atoms with Crippen LogP contribution in [0.15, 0.2) is 12.1 Å². The van der Waals surface area contributed by atoms with E-state index in [1.165, 1.54) is 11.1 Å². The Morgan fingerprint density at radius 1 is 1.45 bits per heavy atom. The van der Waals surface area contributed by atoms with Crippen LogP contribution in [0, 0.1) is 0 Å². The molecule has 4 heteroatoms. The zero-order chi connectivity index (χ0) is 14.5. The van der Waals surface area contributed by atoms with Gasteiger partial charge in [0.05, 0.1) is 12.7 Å². The van der Waals surface area contributed by atoms with Crippen LogP contribution in [-0.2, 0) is 17.6 Å². The molecule has 1 N–H and O–H groups in total. The van der Waals surface area contributed by atoms with Gasteiger partial charge in [0, 0.05) is 24.6 Å². The molecule has 0 bridgehead atoms. The van der Waals surface area contributed by atoms with Gasteiger partial charge in [0.15, 0.2) is 0 Å². The van der Waals surface area contributed by atoms with E-state index in [4.69, 9.17) is 21.1 Å². The number of ether oxygens (including phenoxy) is 2. The molecule has 1 aromatic rings. The number of fused-ring (bicyclic) bond motifs is 1. The van der Waals surface area contributed by atoms with E-state index < -0.39 is 0 Å². The number of halogens is 1. The lowest BCUT2D eigenvalue weighted by Gasteiger charge is -2.25. The van der Waals surface area contributed by atoms with Gasteiger partial charge in [0.25, 0.3) is 0 Å². The minimum Gasteiger partial charge on any atom is -0.493 e. The third kappa shape index (κ3) is 3.66. The second-order valence-electron chi connectivity index (χ2n) is 5.36. The third-order valence-corrected chi connectivity index (χ3v) is 4.08. The Balaban J connectivity index is 2.17. The highest BCUT2D eigenvalue weighted by Crippen LogP contribution is 2.33. The second kappa shape index (κ2) is 7.30. The molecule has 0 spiro atoms. The van der Waals surface area contributed by atoms with Gasteiger partial charge in [-0.05, 0) is 49.6 Å². The summed E-state index contributed by atoms with van der Waals surface area (Å²) < 4.78 is 11.3. The van der Waals surface area contributed by atoms with Crippen molar-refractivity contribution in [1.29, 1.82) is 0 Å². The standard InChI is InChI=1S/C16H24ClNO2/c1-4-6-18-15(11(2)19-3)10-13-9-14(17)8-12-5-7-20-16(12)13/h8-9,11,15,18H,4-7,10H2,1-3H3. The molecular weight excluding hydrogens is 274 g/mol. The van der Waals surface area contributed by atoms with Crippen molar-refractivity contribution in [2.24, 2.45) is 0 Å². The van der Waals surface area contributed by atoms with Crippen LogP contribution in [0.25, 0.3) is 0 Å². The summed E-state index contributed by atoms with van der Waals surface area (Å²) >= 11 is 6.22. The summed E-state index contributed by atoms with van der Waals surface area (Å²) in [5.41, 5.74) is 2.41. The average Bonchev–Trinajstić information content (AvgIpc) is 2.90. The first-order valence-corrected chi connectivity index (χ1v) is 7.73. The van der Waals surface area contributed by atoms with Crippen LogP contribution in [0.4, 0.5) is 0 Å². The van der Waals surface area contributed by atoms with Gasteiger partial charge < -0.3 is 14.8 Å². The fraction of sp³-hybridized carbons (Fsp3) is 0.625. The number of methoxy groups -OCH3 is 1. The van der Waals surface area contributed by atoms with Gasteiger partial charge in [0.1, 0.15) is 5.75 Å². The van der Waals surface area contributed by atoms with Crippen molar-refractivity contribution in [3.8, 4) is 5.75 Å². The van der Waals surface area contributed by atoms with Crippen LogP contribution in [0.1, 0.15) is 31.4 Å². The number of benzene rings is 1. The largest absolute Gasteiger partial charge is 0.493 e. The highest BCUT2D eigenvalue weighted by Gasteiger charge is 2.23. The van der Waals surface area contributed by atoms with Crippen LogP contribution in [0.3, 0.4) is 0 Å². The topological polar surface area (TPSA) is 30.5 Å². The van der Waals surface area contributed by atoms with Crippen molar-refractivity contribution in [2.45, 2.75) is 45.3 Å². The normalized spacial score (nSPS) is 16.6. The molecule has 1 heterocycles. The summed E-state index contributed by atoms with van der Waals surface area (Å²) in [5, 5.41) is 4.35. The Morgan fingerprint density at radius 2 is 2.25 bits per heavy atom. The van der Waals surface area contributed by atoms with Gasteiger partial charge >= 0.3 is 0 Å². The molecule has 0 amide bonds. The Hall–Kier alpha value is -0.770. The highest BCUT2D eigenvalue weighted by molar-refractivity contribution is 6.30. The molecule has 1 aliphatic rings. The van der Waals surface area contributed by atoms with Gasteiger partial charge in [-0.25, -0.2) is 0 Å². The lowest BCUT2D eigenvalue weighted by molar-refractivity contribution is 0.0829. The quantitative estimate of drug-likeness (QED) is 0.838. The van der Waals surface area contributed by atoms with E-state index in [0.717, 1.165) is 43.2 Å². The van der Waals surface area contributed by atoms with Crippen LogP contribution < -0.4 is 10.1 Å². The zero-order valence-electron chi connectivity index (χ0n) is 12.5. The van der Waals surface area contributed by atoms with E-state index in [1.54, 1.807) is 7.11 Å². The molecule has 2 unspecified atom stereocenters. The predicted molar refractivity (Wildman–Crippen MR) is 82.9 cm³/mol. The molecule has 0 aliphatic carbocycles. The maximum absolute atomic E-state index is 6.22. The molecule has 0 saturated carbocycles. The van der Waals surface area contributed by atoms with E-state index in [1.807, 2.05) is 12.1 Å². The minimum atomic E-state index is 0.151. The summed E-state index contributed by atoms with van der Waals surface area (Å²) in [6.45, 7) is 6.01. The van der Waals surface area contributed by atoms with E-state index in [2.05, 4.69) is 19.2 Å². The van der Waals surface area contributed by atoms with Gasteiger partial charge in [-0.1, -0.05) is 18.5 Å². The van der Waals surface area contributed by atoms with E-state index in [-0.39, 0.29) is 12.1 Å². The van der Waals surface area contributed by atoms with Gasteiger partial charge in [-0.15, -0.1) is 0 Å². The molecule has 112 valence electrons. The molecule has 3 nitrogen and oxygen atoms in total. The number of rotatable bonds is 7. The smallest absolute Gasteiger partial charge is 0.125 e. The molecule has 1 aliphatic heterocycles. The molecule has 0 fully saturated rings. The second-order valence-corrected chi connectivity index (χ2v) is 5.79. The summed E-state index contributed by atoms with van der Waals surface area (Å²) in [5.74, 6) is 1.03. The van der Waals surface area contributed by atoms with Crippen molar-refractivity contribution in [2.75, 3.05) is 20.3 Å². The van der Waals surface area contributed by atoms with E-state index in [9.17, 15) is 0 Å². The first kappa shape index (κ1) is 15.6. The lowest BCUT2D eigenvalue weighted by Crippen LogP contribution is -2.41. The predicted octanol–water partition coefficient (Wildman–Crippen LogP) is 3.22. The Kier molecular flexibility index (Phi) is 5.70. The number of hydrogen-bond donors (Lipinski definition) is 1. The Bertz CT molecular complexity index is 450. The molecule has 2 atom stereocenters. The summed E-state index contributed by atoms with van der Waals surface area (Å²) in [6, 6.07) is 4.31. The monoisotopic (exact) mass is 297 g/mol. The average molecular weight is 298 g/mol. The van der Waals surface area contributed by atoms with Gasteiger partial charge in [-0.2, -0.15) is 0 Å². The van der Waals surface area contributed by atoms with Crippen molar-refractivity contribution in [3.63, 3.8) is 0 Å². The van der Waals surface area contributed by atoms with Gasteiger partial charge in [0.2, 0.25) is 0 Å². The summed E-state index contributed by atoms with van der Waals surface area (Å²) in [6.07, 6.45) is 3.09. The van der Waals surface area contributed by atoms with Crippen LogP contribution >= 0.6 is 11.6 Å². The minimum absolute atomic E-state index is 0.151. The fourth-order valence-corrected chi connectivity index (χ4v) is 2.90. The van der Waals surface area contributed by atoms with Crippen LogP contribution in [0.5, 0.6) is 5.75 Å². The molecular formula is C16H24ClNO2. The maximum Gasteiger partial charge on any atom is 0.125 e. The van der Waals surface area contributed by atoms with Gasteiger partial charge in [-0.3, -0.25) is 0 Å². The molecule has 20 heavy (non-hydrogen) atoms. The fourth-order valence-electron chi connectivity index (χ4n) is 2.63. The SMILES string of the molecule is CCCNC(Cc1cc(Cl)cc2c1OCC2)C(C)OC. The molecule has 1 aromatic carbocycles. The molecule has 0 aromatic heterocycles. The first-order chi connectivity index (χ1) is 9.65. The van der Waals surface area contributed by atoms with Crippen molar-refractivity contribution in [1.82, 2.24) is 5.32 Å². The zero-order valence-corrected chi connectivity index (χ0v) is 13.3. The third-order valence-electron chi connectivity index (χ3n) is 3.86. The van der Waals surface area contributed by atoms with Crippen molar-refractivity contribution in [3.05, 3.63) is 28.3 Å². The Morgan fingerprint density at radius 3 is 2.95 bits per heavy atom.